The van der Waals surface area contributed by atoms with Crippen molar-refractivity contribution in [3.8, 4) is 0 Å². The number of hydrogen-bond acceptors (Lipinski definition) is 0. The van der Waals surface area contributed by atoms with Gasteiger partial charge in [0, 0.05) is 0 Å². The van der Waals surface area contributed by atoms with Crippen molar-refractivity contribution >= 4 is 59.6 Å². The molecule has 0 aliphatic heterocycles. The van der Waals surface area contributed by atoms with Crippen LogP contribution in [-0.2, 0) is 0 Å². The molecule has 0 fully saturated rings. The van der Waals surface area contributed by atoms with Crippen molar-refractivity contribution in [2.45, 2.75) is 0 Å². The molecule has 0 aliphatic carbocycles. The summed E-state index contributed by atoms with van der Waals surface area (Å²) in [4.78, 5) is 0. The normalized spacial score (nSPS) is 6.67. The van der Waals surface area contributed by atoms with Crippen LogP contribution in [0.15, 0.2) is 23.7 Å². The molecule has 0 N–H and O–H groups in total. The summed E-state index contributed by atoms with van der Waals surface area (Å²) in [7, 11) is 0.948. The van der Waals surface area contributed by atoms with E-state index in [0.29, 0.717) is 0 Å². The van der Waals surface area contributed by atoms with E-state index < -0.39 is 0 Å². The number of rotatable bonds is 0. The van der Waals surface area contributed by atoms with Gasteiger partial charge in [-0.2, -0.15) is 0 Å². The summed E-state index contributed by atoms with van der Waals surface area (Å²) in [5.41, 5.74) is 0. The average molecular weight is 124 g/mol. The van der Waals surface area contributed by atoms with Gasteiger partial charge >= 0.3 is 51.4 Å². The SMILES string of the molecule is [KH].c1cc[pH]c1. The van der Waals surface area contributed by atoms with E-state index in [9.17, 15) is 0 Å². The summed E-state index contributed by atoms with van der Waals surface area (Å²) in [5.74, 6) is 4.31. The minimum Gasteiger partial charge on any atom is -0.140 e. The monoisotopic (exact) mass is 124 g/mol. The summed E-state index contributed by atoms with van der Waals surface area (Å²) < 4.78 is 0. The third kappa shape index (κ3) is 2.57. The first kappa shape index (κ1) is 7.42. The Balaban J connectivity index is 0.000000250. The first-order chi connectivity index (χ1) is 2.50. The minimum absolute atomic E-state index is 0. The van der Waals surface area contributed by atoms with Crippen molar-refractivity contribution in [1.82, 2.24) is 0 Å². The Kier molecular flexibility index (Phi) is 5.65. The number of hydrogen-bond donors (Lipinski definition) is 0. The Morgan fingerprint density at radius 3 is 1.67 bits per heavy atom. The molecular weight excluding hydrogens is 118 g/mol. The van der Waals surface area contributed by atoms with E-state index in [1.54, 1.807) is 0 Å². The van der Waals surface area contributed by atoms with Crippen molar-refractivity contribution < 1.29 is 0 Å². The maximum absolute atomic E-state index is 2.15. The minimum atomic E-state index is 0. The van der Waals surface area contributed by atoms with Crippen molar-refractivity contribution in [3.05, 3.63) is 23.7 Å². The molecule has 1 aromatic heterocycles. The van der Waals surface area contributed by atoms with E-state index in [0.717, 1.165) is 8.19 Å². The molecule has 0 aromatic carbocycles. The molecule has 1 aromatic rings. The van der Waals surface area contributed by atoms with Gasteiger partial charge in [-0.3, -0.25) is 0 Å². The zero-order valence-electron chi connectivity index (χ0n) is 2.81. The summed E-state index contributed by atoms with van der Waals surface area (Å²) in [5, 5.41) is 0. The van der Waals surface area contributed by atoms with Crippen LogP contribution >= 0.6 is 8.19 Å². The second kappa shape index (κ2) is 4.57. The molecule has 0 amide bonds. The van der Waals surface area contributed by atoms with Crippen LogP contribution in [0, 0.1) is 0 Å². The predicted molar refractivity (Wildman–Crippen MR) is 33.1 cm³/mol. The zero-order valence-corrected chi connectivity index (χ0v) is 3.81. The van der Waals surface area contributed by atoms with Crippen LogP contribution in [0.2, 0.25) is 0 Å². The van der Waals surface area contributed by atoms with Crippen LogP contribution in [0.1, 0.15) is 0 Å². The van der Waals surface area contributed by atoms with Crippen molar-refractivity contribution in [3.63, 3.8) is 0 Å². The quantitative estimate of drug-likeness (QED) is 0.454. The molecule has 0 saturated heterocycles. The molecule has 0 nitrogen and oxygen atoms in total. The van der Waals surface area contributed by atoms with Crippen molar-refractivity contribution in [1.29, 1.82) is 0 Å². The average Bonchev–Trinajstić information content (AvgIpc) is 1.76. The van der Waals surface area contributed by atoms with E-state index in [1.807, 2.05) is 0 Å². The first-order valence-electron chi connectivity index (χ1n) is 1.58. The largest absolute Gasteiger partial charge is 0.140 e. The Bertz CT molecular complexity index is 64.0. The molecule has 0 bridgehead atoms. The molecule has 28 valence electrons. The molecule has 0 atom stereocenters. The summed E-state index contributed by atoms with van der Waals surface area (Å²) in [6.07, 6.45) is 0. The van der Waals surface area contributed by atoms with Crippen LogP contribution in [-0.4, -0.2) is 51.4 Å². The Morgan fingerprint density at radius 1 is 1.00 bits per heavy atom. The molecular formula is C4H6KP. The smallest absolute Gasteiger partial charge is 0.0454 e. The Morgan fingerprint density at radius 2 is 1.50 bits per heavy atom. The summed E-state index contributed by atoms with van der Waals surface area (Å²) in [6.45, 7) is 0. The maximum Gasteiger partial charge on any atom is -0.0454 e. The van der Waals surface area contributed by atoms with Gasteiger partial charge in [-0.15, -0.1) is 8.19 Å². The Hall–Kier alpha value is 1.42. The molecule has 6 heavy (non-hydrogen) atoms. The van der Waals surface area contributed by atoms with Gasteiger partial charge in [-0.05, 0) is 11.6 Å². The van der Waals surface area contributed by atoms with Gasteiger partial charge in [0.05, 0.1) is 0 Å². The predicted octanol–water partition coefficient (Wildman–Crippen LogP) is 1.07. The van der Waals surface area contributed by atoms with Gasteiger partial charge in [-0.1, -0.05) is 12.1 Å². The summed E-state index contributed by atoms with van der Waals surface area (Å²) in [6, 6.07) is 4.14. The molecule has 1 rings (SSSR count). The van der Waals surface area contributed by atoms with E-state index in [1.165, 1.54) is 0 Å². The molecule has 0 aliphatic rings. The van der Waals surface area contributed by atoms with Crippen molar-refractivity contribution in [2.24, 2.45) is 0 Å². The van der Waals surface area contributed by atoms with Crippen LogP contribution < -0.4 is 0 Å². The fourth-order valence-electron chi connectivity index (χ4n) is 0.278. The third-order valence-corrected chi connectivity index (χ3v) is 1.27. The van der Waals surface area contributed by atoms with E-state index in [-0.39, 0.29) is 51.4 Å². The summed E-state index contributed by atoms with van der Waals surface area (Å²) >= 11 is 0. The van der Waals surface area contributed by atoms with Gasteiger partial charge in [0.1, 0.15) is 0 Å². The standard InChI is InChI=1S/C4H5P.K.H/c1-2-4-5-3-1;;/h1-5H;;. The topological polar surface area (TPSA) is 0 Å². The van der Waals surface area contributed by atoms with Gasteiger partial charge in [0.25, 0.3) is 0 Å². The molecule has 0 radical (unpaired) electrons. The second-order valence-corrected chi connectivity index (χ2v) is 1.88. The van der Waals surface area contributed by atoms with Gasteiger partial charge in [-0.25, -0.2) is 0 Å². The van der Waals surface area contributed by atoms with Crippen LogP contribution in [0.25, 0.3) is 0 Å². The molecule has 1 heterocycles. The van der Waals surface area contributed by atoms with Crippen molar-refractivity contribution in [2.75, 3.05) is 0 Å². The van der Waals surface area contributed by atoms with E-state index >= 15 is 0 Å². The third-order valence-electron chi connectivity index (χ3n) is 0.496. The van der Waals surface area contributed by atoms with E-state index in [2.05, 4.69) is 23.7 Å². The molecule has 2 heteroatoms. The zero-order chi connectivity index (χ0) is 3.54. The maximum atomic E-state index is 2.15. The molecule has 0 saturated carbocycles. The van der Waals surface area contributed by atoms with E-state index in [4.69, 9.17) is 0 Å². The van der Waals surface area contributed by atoms with Gasteiger partial charge in [0.15, 0.2) is 0 Å². The fourth-order valence-corrected chi connectivity index (χ4v) is 0.833. The van der Waals surface area contributed by atoms with Crippen LogP contribution in [0.3, 0.4) is 0 Å². The second-order valence-electron chi connectivity index (χ2n) is 0.885. The Labute approximate surface area is 81.8 Å². The van der Waals surface area contributed by atoms with Gasteiger partial charge in [0.2, 0.25) is 0 Å². The van der Waals surface area contributed by atoms with Gasteiger partial charge < -0.3 is 0 Å². The van der Waals surface area contributed by atoms with Crippen LogP contribution in [0.5, 0.6) is 0 Å². The molecule has 0 unspecified atom stereocenters. The molecule has 0 spiro atoms. The fraction of sp³-hybridized carbons (Fsp3) is 0. The van der Waals surface area contributed by atoms with Crippen LogP contribution in [0.4, 0.5) is 0 Å². The first-order valence-corrected chi connectivity index (χ1v) is 2.73.